The molecule has 0 aliphatic rings. The Bertz CT molecular complexity index is 783. The summed E-state index contributed by atoms with van der Waals surface area (Å²) in [5, 5.41) is 0. The topological polar surface area (TPSA) is 46.2 Å². The van der Waals surface area contributed by atoms with Crippen molar-refractivity contribution in [2.24, 2.45) is 0 Å². The van der Waals surface area contributed by atoms with Gasteiger partial charge in [-0.05, 0) is 43.2 Å². The highest BCUT2D eigenvalue weighted by atomic mass is 32.2. The second kappa shape index (κ2) is 7.03. The molecule has 3 nitrogen and oxygen atoms in total. The molecule has 0 heterocycles. The lowest BCUT2D eigenvalue weighted by atomic mass is 10.2. The molecule has 0 aliphatic carbocycles. The van der Waals surface area contributed by atoms with Gasteiger partial charge in [-0.3, -0.25) is 4.72 Å². The second-order valence-electron chi connectivity index (χ2n) is 4.97. The fourth-order valence-electron chi connectivity index (χ4n) is 2.02. The Morgan fingerprint density at radius 2 is 1.91 bits per heavy atom. The van der Waals surface area contributed by atoms with E-state index in [1.165, 1.54) is 0 Å². The molecular formula is C17H19NO2S2. The van der Waals surface area contributed by atoms with Crippen molar-refractivity contribution in [2.75, 3.05) is 10.5 Å². The Kier molecular flexibility index (Phi) is 5.32. The highest BCUT2D eigenvalue weighted by molar-refractivity contribution is 7.99. The van der Waals surface area contributed by atoms with Crippen LogP contribution < -0.4 is 4.72 Å². The van der Waals surface area contributed by atoms with Gasteiger partial charge in [0.15, 0.2) is 0 Å². The first-order valence-electron chi connectivity index (χ1n) is 6.87. The lowest BCUT2D eigenvalue weighted by Crippen LogP contribution is -2.15. The summed E-state index contributed by atoms with van der Waals surface area (Å²) in [6, 6.07) is 12.8. The quantitative estimate of drug-likeness (QED) is 0.630. The molecule has 2 aromatic carbocycles. The molecule has 0 aliphatic heterocycles. The molecule has 0 saturated carbocycles. The Hall–Kier alpha value is -1.72. The van der Waals surface area contributed by atoms with Gasteiger partial charge < -0.3 is 0 Å². The summed E-state index contributed by atoms with van der Waals surface area (Å²) < 4.78 is 28.0. The predicted molar refractivity (Wildman–Crippen MR) is 94.1 cm³/mol. The van der Waals surface area contributed by atoms with Gasteiger partial charge in [0.1, 0.15) is 0 Å². The number of sulfonamides is 1. The van der Waals surface area contributed by atoms with Crippen molar-refractivity contribution in [3.8, 4) is 0 Å². The third-order valence-electron chi connectivity index (χ3n) is 3.12. The number of nitrogens with one attached hydrogen (secondary N) is 1. The first-order chi connectivity index (χ1) is 10.4. The average Bonchev–Trinajstić information content (AvgIpc) is 2.48. The number of rotatable bonds is 6. The summed E-state index contributed by atoms with van der Waals surface area (Å²) in [5.74, 6) is 0.724. The fourth-order valence-corrected chi connectivity index (χ4v) is 4.24. The van der Waals surface area contributed by atoms with Crippen LogP contribution in [0, 0.1) is 13.8 Å². The highest BCUT2D eigenvalue weighted by Gasteiger charge is 2.18. The van der Waals surface area contributed by atoms with Crippen LogP contribution in [0.4, 0.5) is 5.69 Å². The third kappa shape index (κ3) is 3.93. The molecule has 0 fully saturated rings. The molecule has 0 aromatic heterocycles. The molecular weight excluding hydrogens is 314 g/mol. The summed E-state index contributed by atoms with van der Waals surface area (Å²) >= 11 is 1.55. The zero-order valence-corrected chi connectivity index (χ0v) is 14.3. The number of anilines is 1. The number of para-hydroxylation sites is 1. The van der Waals surface area contributed by atoms with E-state index in [0.717, 1.165) is 21.8 Å². The van der Waals surface area contributed by atoms with Crippen molar-refractivity contribution in [1.82, 2.24) is 0 Å². The minimum absolute atomic E-state index is 0.316. The van der Waals surface area contributed by atoms with Crippen LogP contribution in [0.3, 0.4) is 0 Å². The van der Waals surface area contributed by atoms with E-state index in [0.29, 0.717) is 10.6 Å². The summed E-state index contributed by atoms with van der Waals surface area (Å²) in [6.45, 7) is 7.37. The van der Waals surface area contributed by atoms with Gasteiger partial charge in [-0.2, -0.15) is 0 Å². The van der Waals surface area contributed by atoms with E-state index in [4.69, 9.17) is 0 Å². The van der Waals surface area contributed by atoms with Crippen LogP contribution in [0.2, 0.25) is 0 Å². The van der Waals surface area contributed by atoms with E-state index in [1.807, 2.05) is 37.3 Å². The van der Waals surface area contributed by atoms with Crippen molar-refractivity contribution in [1.29, 1.82) is 0 Å². The van der Waals surface area contributed by atoms with Crippen molar-refractivity contribution < 1.29 is 8.42 Å². The summed E-state index contributed by atoms with van der Waals surface area (Å²) in [4.78, 5) is 1.20. The molecule has 0 spiro atoms. The Labute approximate surface area is 136 Å². The number of thioether (sulfide) groups is 1. The van der Waals surface area contributed by atoms with Crippen molar-refractivity contribution >= 4 is 27.5 Å². The third-order valence-corrected chi connectivity index (χ3v) is 5.70. The number of hydrogen-bond acceptors (Lipinski definition) is 3. The molecule has 116 valence electrons. The van der Waals surface area contributed by atoms with Gasteiger partial charge in [0.25, 0.3) is 10.0 Å². The lowest BCUT2D eigenvalue weighted by molar-refractivity contribution is 0.600. The van der Waals surface area contributed by atoms with Gasteiger partial charge in [0.05, 0.1) is 10.6 Å². The highest BCUT2D eigenvalue weighted by Crippen LogP contribution is 2.29. The first-order valence-corrected chi connectivity index (χ1v) is 9.34. The second-order valence-corrected chi connectivity index (χ2v) is 7.68. The SMILES string of the molecule is C=CCSc1ccccc1NS(=O)(=O)c1cc(C)ccc1C. The summed E-state index contributed by atoms with van der Waals surface area (Å²) in [7, 11) is -3.60. The molecule has 0 radical (unpaired) electrons. The summed E-state index contributed by atoms with van der Waals surface area (Å²) in [6.07, 6.45) is 1.79. The van der Waals surface area contributed by atoms with Gasteiger partial charge >= 0.3 is 0 Å². The Morgan fingerprint density at radius 1 is 1.18 bits per heavy atom. The van der Waals surface area contributed by atoms with Crippen LogP contribution in [0.25, 0.3) is 0 Å². The van der Waals surface area contributed by atoms with Crippen molar-refractivity contribution in [3.63, 3.8) is 0 Å². The number of aryl methyl sites for hydroxylation is 2. The van der Waals surface area contributed by atoms with Crippen LogP contribution >= 0.6 is 11.8 Å². The maximum atomic E-state index is 12.7. The monoisotopic (exact) mass is 333 g/mol. The van der Waals surface area contributed by atoms with E-state index in [2.05, 4.69) is 11.3 Å². The molecule has 0 unspecified atom stereocenters. The number of benzene rings is 2. The molecule has 22 heavy (non-hydrogen) atoms. The van der Waals surface area contributed by atoms with E-state index in [9.17, 15) is 8.42 Å². The average molecular weight is 333 g/mol. The maximum absolute atomic E-state index is 12.7. The van der Waals surface area contributed by atoms with Gasteiger partial charge in [0, 0.05) is 10.6 Å². The Morgan fingerprint density at radius 3 is 2.64 bits per heavy atom. The van der Waals surface area contributed by atoms with Gasteiger partial charge in [0.2, 0.25) is 0 Å². The van der Waals surface area contributed by atoms with Crippen molar-refractivity contribution in [2.45, 2.75) is 23.6 Å². The molecule has 2 aromatic rings. The zero-order chi connectivity index (χ0) is 16.2. The minimum Gasteiger partial charge on any atom is -0.278 e. The molecule has 0 saturated heterocycles. The minimum atomic E-state index is -3.60. The van der Waals surface area contributed by atoms with Crippen LogP contribution in [-0.4, -0.2) is 14.2 Å². The summed E-state index contributed by atoms with van der Waals surface area (Å²) in [5.41, 5.74) is 2.24. The number of hydrogen-bond donors (Lipinski definition) is 1. The van der Waals surface area contributed by atoms with Gasteiger partial charge in [-0.25, -0.2) is 8.42 Å². The molecule has 5 heteroatoms. The Balaban J connectivity index is 2.37. The zero-order valence-electron chi connectivity index (χ0n) is 12.7. The molecule has 0 amide bonds. The van der Waals surface area contributed by atoms with Gasteiger partial charge in [-0.15, -0.1) is 18.3 Å². The van der Waals surface area contributed by atoms with Crippen LogP contribution in [-0.2, 0) is 10.0 Å². The van der Waals surface area contributed by atoms with E-state index >= 15 is 0 Å². The van der Waals surface area contributed by atoms with E-state index in [1.54, 1.807) is 36.9 Å². The largest absolute Gasteiger partial charge is 0.278 e. The van der Waals surface area contributed by atoms with Gasteiger partial charge in [-0.1, -0.05) is 30.3 Å². The lowest BCUT2D eigenvalue weighted by Gasteiger charge is -2.13. The van der Waals surface area contributed by atoms with Crippen molar-refractivity contribution in [3.05, 3.63) is 66.2 Å². The normalized spacial score (nSPS) is 11.2. The fraction of sp³-hybridized carbons (Fsp3) is 0.176. The smallest absolute Gasteiger partial charge is 0.262 e. The maximum Gasteiger partial charge on any atom is 0.262 e. The first kappa shape index (κ1) is 16.6. The molecule has 1 N–H and O–H groups in total. The predicted octanol–water partition coefficient (Wildman–Crippen LogP) is 4.38. The van der Waals surface area contributed by atoms with E-state index in [-0.39, 0.29) is 0 Å². The van der Waals surface area contributed by atoms with Crippen LogP contribution in [0.15, 0.2) is 64.9 Å². The molecule has 2 rings (SSSR count). The van der Waals surface area contributed by atoms with E-state index < -0.39 is 10.0 Å². The van der Waals surface area contributed by atoms with Crippen LogP contribution in [0.5, 0.6) is 0 Å². The standard InChI is InChI=1S/C17H19NO2S2/c1-4-11-21-16-8-6-5-7-15(16)18-22(19,20)17-12-13(2)9-10-14(17)3/h4-10,12,18H,1,11H2,2-3H3. The van der Waals surface area contributed by atoms with Crippen LogP contribution in [0.1, 0.15) is 11.1 Å². The molecule has 0 atom stereocenters. The molecule has 0 bridgehead atoms.